The molecule has 0 bridgehead atoms. The zero-order chi connectivity index (χ0) is 25.6. The number of benzene rings is 1. The molecule has 1 aromatic carbocycles. The summed E-state index contributed by atoms with van der Waals surface area (Å²) in [4.78, 5) is 13.9. The average molecular weight is 499 g/mol. The standard InChI is InChI=1S/C31H50O3Si/c1-22-17-18-25(30(5,6)23-14-10-9-11-15-23)27(20-22)33-28(32)26-21-24-16-12-13-19-31(24,26)34-35(7,8)29(2,3)4/h9-11,14-15,22,24-27H,12-13,16-21H2,1-8H3/t22?,24-,25?,26+,27?,31+/m1/s1. The second kappa shape index (κ2) is 9.63. The van der Waals surface area contributed by atoms with Crippen molar-refractivity contribution < 1.29 is 14.0 Å². The van der Waals surface area contributed by atoms with Crippen LogP contribution in [-0.2, 0) is 19.4 Å². The van der Waals surface area contributed by atoms with Gasteiger partial charge in [0.1, 0.15) is 6.10 Å². The van der Waals surface area contributed by atoms with Crippen molar-refractivity contribution in [2.45, 2.75) is 128 Å². The Morgan fingerprint density at radius 2 is 1.66 bits per heavy atom. The first-order chi connectivity index (χ1) is 16.3. The van der Waals surface area contributed by atoms with Gasteiger partial charge in [-0.15, -0.1) is 0 Å². The average Bonchev–Trinajstić information content (AvgIpc) is 2.76. The lowest BCUT2D eigenvalue weighted by Crippen LogP contribution is -2.66. The molecule has 0 aromatic heterocycles. The summed E-state index contributed by atoms with van der Waals surface area (Å²) in [6.07, 6.45) is 8.86. The van der Waals surface area contributed by atoms with Crippen LogP contribution in [0.3, 0.4) is 0 Å². The van der Waals surface area contributed by atoms with E-state index in [1.807, 2.05) is 0 Å². The SMILES string of the molecule is CC1CCC(C(C)(C)c2ccccc2)C(OC(=O)[C@@H]2C[C@H]3CCCC[C@]32O[Si](C)(C)C(C)(C)C)C1. The van der Waals surface area contributed by atoms with Gasteiger partial charge >= 0.3 is 5.97 Å². The largest absolute Gasteiger partial charge is 0.462 e. The van der Waals surface area contributed by atoms with Crippen molar-refractivity contribution in [3.63, 3.8) is 0 Å². The number of carbonyl (C=O) groups excluding carboxylic acids is 1. The van der Waals surface area contributed by atoms with Gasteiger partial charge in [-0.05, 0) is 73.1 Å². The Labute approximate surface area is 215 Å². The molecule has 0 aliphatic heterocycles. The van der Waals surface area contributed by atoms with E-state index >= 15 is 0 Å². The van der Waals surface area contributed by atoms with E-state index in [4.69, 9.17) is 9.16 Å². The fraction of sp³-hybridized carbons (Fsp3) is 0.774. The molecule has 3 fully saturated rings. The Morgan fingerprint density at radius 1 is 0.971 bits per heavy atom. The van der Waals surface area contributed by atoms with E-state index in [0.717, 1.165) is 25.7 Å². The van der Waals surface area contributed by atoms with Crippen LogP contribution in [0.25, 0.3) is 0 Å². The maximum atomic E-state index is 13.9. The van der Waals surface area contributed by atoms with E-state index in [2.05, 4.69) is 85.0 Å². The fourth-order valence-electron chi connectivity index (χ4n) is 7.07. The Hall–Kier alpha value is -1.13. The van der Waals surface area contributed by atoms with Crippen LogP contribution in [0.4, 0.5) is 0 Å². The predicted octanol–water partition coefficient (Wildman–Crippen LogP) is 8.28. The minimum Gasteiger partial charge on any atom is -0.462 e. The zero-order valence-electron chi connectivity index (χ0n) is 23.7. The number of ether oxygens (including phenoxy) is 1. The summed E-state index contributed by atoms with van der Waals surface area (Å²) >= 11 is 0. The first-order valence-electron chi connectivity index (χ1n) is 14.2. The highest BCUT2D eigenvalue weighted by Gasteiger charge is 2.63. The summed E-state index contributed by atoms with van der Waals surface area (Å²) in [7, 11) is -2.00. The highest BCUT2D eigenvalue weighted by atomic mass is 28.4. The molecular formula is C31H50O3Si. The summed E-state index contributed by atoms with van der Waals surface area (Å²) in [6.45, 7) is 18.6. The zero-order valence-corrected chi connectivity index (χ0v) is 24.7. The summed E-state index contributed by atoms with van der Waals surface area (Å²) in [5, 5.41) is 0.136. The van der Waals surface area contributed by atoms with Crippen LogP contribution >= 0.6 is 0 Å². The van der Waals surface area contributed by atoms with Crippen molar-refractivity contribution in [3.8, 4) is 0 Å². The Bertz CT molecular complexity index is 886. The van der Waals surface area contributed by atoms with E-state index in [1.54, 1.807) is 0 Å². The van der Waals surface area contributed by atoms with Crippen molar-refractivity contribution in [2.24, 2.45) is 23.7 Å². The van der Waals surface area contributed by atoms with Crippen molar-refractivity contribution in [1.29, 1.82) is 0 Å². The lowest BCUT2D eigenvalue weighted by Gasteiger charge is -2.61. The Morgan fingerprint density at radius 3 is 2.29 bits per heavy atom. The van der Waals surface area contributed by atoms with Gasteiger partial charge in [0.15, 0.2) is 8.32 Å². The molecule has 4 heteroatoms. The molecule has 3 unspecified atom stereocenters. The highest BCUT2D eigenvalue weighted by Crippen LogP contribution is 2.58. The highest BCUT2D eigenvalue weighted by molar-refractivity contribution is 6.74. The van der Waals surface area contributed by atoms with Crippen LogP contribution in [-0.4, -0.2) is 26.0 Å². The summed E-state index contributed by atoms with van der Waals surface area (Å²) in [6, 6.07) is 10.8. The van der Waals surface area contributed by atoms with Gasteiger partial charge in [-0.1, -0.05) is 91.1 Å². The molecule has 1 aromatic rings. The van der Waals surface area contributed by atoms with E-state index in [1.165, 1.54) is 31.2 Å². The summed E-state index contributed by atoms with van der Waals surface area (Å²) in [5.74, 6) is 1.38. The molecule has 3 nitrogen and oxygen atoms in total. The molecule has 6 atom stereocenters. The van der Waals surface area contributed by atoms with Gasteiger partial charge in [0, 0.05) is 5.92 Å². The molecule has 196 valence electrons. The first kappa shape index (κ1) is 26.9. The number of fused-ring (bicyclic) bond motifs is 1. The molecule has 3 aliphatic carbocycles. The Kier molecular flexibility index (Phi) is 7.41. The second-order valence-corrected chi connectivity index (χ2v) is 18.9. The molecule has 0 saturated heterocycles. The Balaban J connectivity index is 1.56. The molecule has 0 heterocycles. The van der Waals surface area contributed by atoms with Crippen LogP contribution in [0.5, 0.6) is 0 Å². The molecule has 3 saturated carbocycles. The number of carbonyl (C=O) groups is 1. The van der Waals surface area contributed by atoms with Crippen LogP contribution in [0, 0.1) is 23.7 Å². The maximum absolute atomic E-state index is 13.9. The van der Waals surface area contributed by atoms with Crippen molar-refractivity contribution >= 4 is 14.3 Å². The van der Waals surface area contributed by atoms with Crippen LogP contribution < -0.4 is 0 Å². The van der Waals surface area contributed by atoms with E-state index < -0.39 is 8.32 Å². The van der Waals surface area contributed by atoms with Gasteiger partial charge in [-0.3, -0.25) is 4.79 Å². The monoisotopic (exact) mass is 498 g/mol. The van der Waals surface area contributed by atoms with Gasteiger partial charge in [-0.2, -0.15) is 0 Å². The molecule has 3 aliphatic rings. The van der Waals surface area contributed by atoms with E-state index in [9.17, 15) is 4.79 Å². The van der Waals surface area contributed by atoms with Crippen molar-refractivity contribution in [2.75, 3.05) is 0 Å². The van der Waals surface area contributed by atoms with E-state index in [-0.39, 0.29) is 34.0 Å². The van der Waals surface area contributed by atoms with Crippen LogP contribution in [0.2, 0.25) is 18.1 Å². The van der Waals surface area contributed by atoms with Crippen LogP contribution in [0.15, 0.2) is 30.3 Å². The number of esters is 1. The molecular weight excluding hydrogens is 448 g/mol. The molecule has 0 N–H and O–H groups in total. The number of hydrogen-bond acceptors (Lipinski definition) is 3. The third-order valence-electron chi connectivity index (χ3n) is 10.5. The number of rotatable bonds is 6. The predicted molar refractivity (Wildman–Crippen MR) is 147 cm³/mol. The smallest absolute Gasteiger partial charge is 0.312 e. The van der Waals surface area contributed by atoms with Gasteiger partial charge in [0.25, 0.3) is 0 Å². The topological polar surface area (TPSA) is 35.5 Å². The molecule has 0 amide bonds. The molecule has 4 rings (SSSR count). The van der Waals surface area contributed by atoms with E-state index in [0.29, 0.717) is 17.8 Å². The first-order valence-corrected chi connectivity index (χ1v) is 17.1. The van der Waals surface area contributed by atoms with Gasteiger partial charge in [0.05, 0.1) is 11.5 Å². The van der Waals surface area contributed by atoms with Crippen molar-refractivity contribution in [1.82, 2.24) is 0 Å². The fourth-order valence-corrected chi connectivity index (χ4v) is 8.73. The maximum Gasteiger partial charge on any atom is 0.312 e. The number of hydrogen-bond donors (Lipinski definition) is 0. The summed E-state index contributed by atoms with van der Waals surface area (Å²) < 4.78 is 13.7. The molecule has 0 radical (unpaired) electrons. The minimum absolute atomic E-state index is 0.0194. The van der Waals surface area contributed by atoms with Gasteiger partial charge < -0.3 is 9.16 Å². The molecule has 35 heavy (non-hydrogen) atoms. The minimum atomic E-state index is -2.00. The van der Waals surface area contributed by atoms with Gasteiger partial charge in [-0.25, -0.2) is 0 Å². The third-order valence-corrected chi connectivity index (χ3v) is 15.0. The molecule has 0 spiro atoms. The quantitative estimate of drug-likeness (QED) is 0.292. The lowest BCUT2D eigenvalue weighted by molar-refractivity contribution is -0.203. The normalized spacial score (nSPS) is 34.0. The van der Waals surface area contributed by atoms with Crippen molar-refractivity contribution in [3.05, 3.63) is 35.9 Å². The summed E-state index contributed by atoms with van der Waals surface area (Å²) in [5.41, 5.74) is 1.02. The third kappa shape index (κ3) is 5.03. The lowest BCUT2D eigenvalue weighted by atomic mass is 9.55. The second-order valence-electron chi connectivity index (χ2n) is 14.1. The van der Waals surface area contributed by atoms with Gasteiger partial charge in [0.2, 0.25) is 0 Å². The van der Waals surface area contributed by atoms with Crippen LogP contribution in [0.1, 0.15) is 98.5 Å².